The fraction of sp³-hybridized carbons (Fsp3) is 0.154. The Labute approximate surface area is 111 Å². The van der Waals surface area contributed by atoms with Crippen molar-refractivity contribution in [2.75, 3.05) is 5.32 Å². The summed E-state index contributed by atoms with van der Waals surface area (Å²) < 4.78 is 0. The zero-order valence-electron chi connectivity index (χ0n) is 10.1. The van der Waals surface area contributed by atoms with Crippen LogP contribution in [0.4, 0.5) is 5.82 Å². The van der Waals surface area contributed by atoms with Crippen molar-refractivity contribution in [1.82, 2.24) is 9.97 Å². The van der Waals surface area contributed by atoms with Crippen molar-refractivity contribution in [2.24, 2.45) is 5.73 Å². The average molecular weight is 258 g/mol. The van der Waals surface area contributed by atoms with Gasteiger partial charge in [-0.2, -0.15) is 0 Å². The van der Waals surface area contributed by atoms with Gasteiger partial charge in [-0.25, -0.2) is 9.97 Å². The van der Waals surface area contributed by atoms with Crippen LogP contribution in [-0.2, 0) is 6.54 Å². The third kappa shape index (κ3) is 3.24. The van der Waals surface area contributed by atoms with E-state index in [1.807, 2.05) is 0 Å². The molecular formula is C13H14N4S. The van der Waals surface area contributed by atoms with Gasteiger partial charge in [0.15, 0.2) is 0 Å². The van der Waals surface area contributed by atoms with E-state index in [2.05, 4.69) is 46.5 Å². The van der Waals surface area contributed by atoms with E-state index >= 15 is 0 Å². The molecule has 4 nitrogen and oxygen atoms in total. The molecule has 0 aliphatic heterocycles. The van der Waals surface area contributed by atoms with Crippen LogP contribution in [0, 0.1) is 6.92 Å². The van der Waals surface area contributed by atoms with E-state index in [1.165, 1.54) is 11.1 Å². The molecule has 3 N–H and O–H groups in total. The van der Waals surface area contributed by atoms with Gasteiger partial charge in [0.2, 0.25) is 0 Å². The molecule has 0 aliphatic rings. The van der Waals surface area contributed by atoms with Crippen LogP contribution in [0.5, 0.6) is 0 Å². The number of nitrogens with zero attached hydrogens (tertiary/aromatic N) is 2. The van der Waals surface area contributed by atoms with Gasteiger partial charge in [-0.1, -0.05) is 42.0 Å². The van der Waals surface area contributed by atoms with E-state index in [1.54, 1.807) is 12.4 Å². The van der Waals surface area contributed by atoms with E-state index < -0.39 is 0 Å². The number of hydrogen-bond acceptors (Lipinski definition) is 4. The molecule has 0 bridgehead atoms. The Kier molecular flexibility index (Phi) is 3.84. The molecule has 92 valence electrons. The summed E-state index contributed by atoms with van der Waals surface area (Å²) in [4.78, 5) is 8.56. The van der Waals surface area contributed by atoms with Crippen LogP contribution in [0.3, 0.4) is 0 Å². The van der Waals surface area contributed by atoms with E-state index in [0.717, 1.165) is 0 Å². The van der Waals surface area contributed by atoms with Crippen molar-refractivity contribution in [1.29, 1.82) is 0 Å². The first-order valence-electron chi connectivity index (χ1n) is 5.56. The molecule has 0 spiro atoms. The third-order valence-corrected chi connectivity index (χ3v) is 2.71. The monoisotopic (exact) mass is 258 g/mol. The SMILES string of the molecule is Cc1ccc(CNc2cnc(C(N)=S)cn2)cc1. The lowest BCUT2D eigenvalue weighted by molar-refractivity contribution is 1.08. The Bertz CT molecular complexity index is 534. The highest BCUT2D eigenvalue weighted by Crippen LogP contribution is 2.07. The number of nitrogens with two attached hydrogens (primary N) is 1. The van der Waals surface area contributed by atoms with Crippen molar-refractivity contribution in [2.45, 2.75) is 13.5 Å². The molecular weight excluding hydrogens is 244 g/mol. The Hall–Kier alpha value is -2.01. The molecule has 0 aliphatic carbocycles. The van der Waals surface area contributed by atoms with Crippen LogP contribution in [0.1, 0.15) is 16.8 Å². The van der Waals surface area contributed by atoms with Crippen LogP contribution in [-0.4, -0.2) is 15.0 Å². The minimum absolute atomic E-state index is 0.257. The lowest BCUT2D eigenvalue weighted by atomic mass is 10.1. The van der Waals surface area contributed by atoms with Crippen LogP contribution in [0.15, 0.2) is 36.7 Å². The van der Waals surface area contributed by atoms with Gasteiger partial charge in [0.1, 0.15) is 16.5 Å². The van der Waals surface area contributed by atoms with Crippen LogP contribution < -0.4 is 11.1 Å². The zero-order chi connectivity index (χ0) is 13.0. The molecule has 0 radical (unpaired) electrons. The maximum absolute atomic E-state index is 5.45. The van der Waals surface area contributed by atoms with Gasteiger partial charge in [0.05, 0.1) is 12.4 Å². The lowest BCUT2D eigenvalue weighted by Crippen LogP contribution is -2.12. The topological polar surface area (TPSA) is 63.8 Å². The molecule has 1 aromatic heterocycles. The summed E-state index contributed by atoms with van der Waals surface area (Å²) in [5.41, 5.74) is 8.43. The second kappa shape index (κ2) is 5.55. The first kappa shape index (κ1) is 12.4. The highest BCUT2D eigenvalue weighted by molar-refractivity contribution is 7.80. The first-order valence-corrected chi connectivity index (χ1v) is 5.97. The number of rotatable bonds is 4. The second-order valence-electron chi connectivity index (χ2n) is 3.99. The molecule has 0 atom stereocenters. The number of thiocarbonyl (C=S) groups is 1. The van der Waals surface area contributed by atoms with Gasteiger partial charge >= 0.3 is 0 Å². The largest absolute Gasteiger partial charge is 0.388 e. The third-order valence-electron chi connectivity index (χ3n) is 2.50. The lowest BCUT2D eigenvalue weighted by Gasteiger charge is -2.06. The Morgan fingerprint density at radius 3 is 2.50 bits per heavy atom. The molecule has 18 heavy (non-hydrogen) atoms. The Morgan fingerprint density at radius 2 is 1.94 bits per heavy atom. The molecule has 0 unspecified atom stereocenters. The summed E-state index contributed by atoms with van der Waals surface area (Å²) in [7, 11) is 0. The molecule has 2 aromatic rings. The minimum Gasteiger partial charge on any atom is -0.388 e. The Balaban J connectivity index is 1.97. The van der Waals surface area contributed by atoms with Crippen LogP contribution in [0.2, 0.25) is 0 Å². The van der Waals surface area contributed by atoms with Crippen molar-refractivity contribution < 1.29 is 0 Å². The van der Waals surface area contributed by atoms with Crippen molar-refractivity contribution in [3.63, 3.8) is 0 Å². The molecule has 5 heteroatoms. The summed E-state index contributed by atoms with van der Waals surface area (Å²) in [5, 5.41) is 3.19. The van der Waals surface area contributed by atoms with Gasteiger partial charge in [0.25, 0.3) is 0 Å². The predicted octanol–water partition coefficient (Wildman–Crippen LogP) is 2.03. The smallest absolute Gasteiger partial charge is 0.144 e. The fourth-order valence-electron chi connectivity index (χ4n) is 1.45. The van der Waals surface area contributed by atoms with Crippen LogP contribution >= 0.6 is 12.2 Å². The molecule has 0 fully saturated rings. The van der Waals surface area contributed by atoms with Crippen LogP contribution in [0.25, 0.3) is 0 Å². The van der Waals surface area contributed by atoms with Gasteiger partial charge < -0.3 is 11.1 Å². The maximum atomic E-state index is 5.45. The van der Waals surface area contributed by atoms with E-state index in [-0.39, 0.29) is 4.99 Å². The fourth-order valence-corrected chi connectivity index (χ4v) is 1.55. The minimum atomic E-state index is 0.257. The molecule has 0 amide bonds. The van der Waals surface area contributed by atoms with Crippen molar-refractivity contribution in [3.05, 3.63) is 53.5 Å². The summed E-state index contributed by atoms with van der Waals surface area (Å²) in [6, 6.07) is 8.33. The van der Waals surface area contributed by atoms with E-state index in [0.29, 0.717) is 18.1 Å². The van der Waals surface area contributed by atoms with Crippen molar-refractivity contribution in [3.8, 4) is 0 Å². The van der Waals surface area contributed by atoms with Crippen molar-refractivity contribution >= 4 is 23.0 Å². The number of anilines is 1. The highest BCUT2D eigenvalue weighted by Gasteiger charge is 1.99. The summed E-state index contributed by atoms with van der Waals surface area (Å²) >= 11 is 4.81. The quantitative estimate of drug-likeness (QED) is 0.822. The molecule has 2 rings (SSSR count). The highest BCUT2D eigenvalue weighted by atomic mass is 32.1. The molecule has 1 heterocycles. The van der Waals surface area contributed by atoms with E-state index in [9.17, 15) is 0 Å². The number of hydrogen-bond donors (Lipinski definition) is 2. The summed E-state index contributed by atoms with van der Waals surface area (Å²) in [5.74, 6) is 0.704. The summed E-state index contributed by atoms with van der Waals surface area (Å²) in [6.07, 6.45) is 3.20. The second-order valence-corrected chi connectivity index (χ2v) is 4.43. The molecule has 1 aromatic carbocycles. The maximum Gasteiger partial charge on any atom is 0.144 e. The predicted molar refractivity (Wildman–Crippen MR) is 76.4 cm³/mol. The standard InChI is InChI=1S/C13H14N4S/c1-9-2-4-10(5-3-9)6-16-12-8-15-11(7-17-12)13(14)18/h2-5,7-8H,6H2,1H3,(H2,14,18)(H,16,17). The average Bonchev–Trinajstić information content (AvgIpc) is 2.38. The normalized spacial score (nSPS) is 10.1. The van der Waals surface area contributed by atoms with E-state index in [4.69, 9.17) is 18.0 Å². The number of nitrogens with one attached hydrogen (secondary N) is 1. The van der Waals surface area contributed by atoms with Gasteiger partial charge in [-0.05, 0) is 12.5 Å². The van der Waals surface area contributed by atoms with Gasteiger partial charge in [0, 0.05) is 6.54 Å². The number of aromatic nitrogens is 2. The van der Waals surface area contributed by atoms with Gasteiger partial charge in [-0.15, -0.1) is 0 Å². The molecule has 0 saturated carbocycles. The molecule has 0 saturated heterocycles. The number of benzene rings is 1. The van der Waals surface area contributed by atoms with Gasteiger partial charge in [-0.3, -0.25) is 0 Å². The Morgan fingerprint density at radius 1 is 1.22 bits per heavy atom. The first-order chi connectivity index (χ1) is 8.65. The zero-order valence-corrected chi connectivity index (χ0v) is 10.9. The number of aryl methyl sites for hydroxylation is 1. The summed E-state index contributed by atoms with van der Waals surface area (Å²) in [6.45, 7) is 2.78.